The van der Waals surface area contributed by atoms with Gasteiger partial charge < -0.3 is 37.2 Å². The van der Waals surface area contributed by atoms with E-state index in [1.54, 1.807) is 13.8 Å². The molecule has 11 nitrogen and oxygen atoms in total. The minimum atomic E-state index is -1.18. The fraction of sp³-hybridized carbons (Fsp3) is 0.529. The van der Waals surface area contributed by atoms with Gasteiger partial charge in [0, 0.05) is 25.6 Å². The van der Waals surface area contributed by atoms with Gasteiger partial charge in [0.1, 0.15) is 23.7 Å². The average Bonchev–Trinajstić information content (AvgIpc) is 3.03. The van der Waals surface area contributed by atoms with Crippen molar-refractivity contribution in [2.75, 3.05) is 18.6 Å². The van der Waals surface area contributed by atoms with Gasteiger partial charge in [0.15, 0.2) is 0 Å². The molecule has 2 rings (SSSR count). The van der Waals surface area contributed by atoms with E-state index in [2.05, 4.69) is 21.3 Å². The van der Waals surface area contributed by atoms with E-state index in [4.69, 9.17) is 10.8 Å². The highest BCUT2D eigenvalue weighted by Crippen LogP contribution is 2.14. The molecular weight excluding hydrogens is 644 g/mol. The summed E-state index contributed by atoms with van der Waals surface area (Å²) in [4.78, 5) is 50.6. The second-order valence-electron chi connectivity index (χ2n) is 12.1. The Balaban J connectivity index is 2.22. The summed E-state index contributed by atoms with van der Waals surface area (Å²) in [5, 5.41) is 31.3. The highest BCUT2D eigenvalue weighted by atomic mass is 32.2. The monoisotopic (exact) mass is 693 g/mol. The number of hydrogen-bond donors (Lipinski definition) is 7. The summed E-state index contributed by atoms with van der Waals surface area (Å²) in [6.07, 6.45) is 1.19. The SMILES string of the molecule is CCc1cccc(CNCC(O)C(Cc2cc(F)cc(F)c2)NC(=O)C(CCSC)NC(=O)C(NC(=O)C(N)CCC(=O)O)C(C)C)c1. The summed E-state index contributed by atoms with van der Waals surface area (Å²) in [7, 11) is 0. The molecular formula is C34H49F2N5O6S. The Bertz CT molecular complexity index is 1350. The molecule has 266 valence electrons. The van der Waals surface area contributed by atoms with Gasteiger partial charge in [-0.05, 0) is 72.4 Å². The molecule has 48 heavy (non-hydrogen) atoms. The summed E-state index contributed by atoms with van der Waals surface area (Å²) in [6, 6.07) is 6.65. The van der Waals surface area contributed by atoms with E-state index >= 15 is 0 Å². The number of carbonyl (C=O) groups excluding carboxylic acids is 3. The van der Waals surface area contributed by atoms with Crippen LogP contribution >= 0.6 is 11.8 Å². The van der Waals surface area contributed by atoms with Crippen LogP contribution < -0.4 is 27.0 Å². The molecule has 14 heteroatoms. The van der Waals surface area contributed by atoms with Gasteiger partial charge in [-0.25, -0.2) is 8.78 Å². The van der Waals surface area contributed by atoms with Gasteiger partial charge in [0.05, 0.1) is 18.2 Å². The van der Waals surface area contributed by atoms with Crippen molar-refractivity contribution in [2.24, 2.45) is 11.7 Å². The summed E-state index contributed by atoms with van der Waals surface area (Å²) < 4.78 is 28.1. The van der Waals surface area contributed by atoms with E-state index in [1.807, 2.05) is 37.4 Å². The van der Waals surface area contributed by atoms with Crippen LogP contribution in [0.15, 0.2) is 42.5 Å². The fourth-order valence-electron chi connectivity index (χ4n) is 4.99. The maximum absolute atomic E-state index is 14.0. The first kappa shape index (κ1) is 40.6. The van der Waals surface area contributed by atoms with Gasteiger partial charge in [-0.15, -0.1) is 0 Å². The van der Waals surface area contributed by atoms with Crippen LogP contribution in [0.2, 0.25) is 0 Å². The van der Waals surface area contributed by atoms with Gasteiger partial charge in [0.2, 0.25) is 17.7 Å². The maximum atomic E-state index is 14.0. The topological polar surface area (TPSA) is 183 Å². The minimum Gasteiger partial charge on any atom is -0.481 e. The lowest BCUT2D eigenvalue weighted by molar-refractivity contribution is -0.137. The van der Waals surface area contributed by atoms with Crippen LogP contribution in [0.25, 0.3) is 0 Å². The van der Waals surface area contributed by atoms with Crippen molar-refractivity contribution >= 4 is 35.5 Å². The van der Waals surface area contributed by atoms with Gasteiger partial charge >= 0.3 is 5.97 Å². The molecule has 3 amide bonds. The molecule has 2 aromatic rings. The molecule has 0 heterocycles. The number of carboxylic acid groups (broad SMARTS) is 1. The molecule has 0 bridgehead atoms. The molecule has 2 aromatic carbocycles. The number of hydrogen-bond acceptors (Lipinski definition) is 8. The van der Waals surface area contributed by atoms with Crippen LogP contribution in [-0.4, -0.2) is 82.7 Å². The third-order valence-electron chi connectivity index (χ3n) is 7.75. The second kappa shape index (κ2) is 20.7. The third kappa shape index (κ3) is 14.3. The zero-order valence-electron chi connectivity index (χ0n) is 27.9. The molecule has 5 unspecified atom stereocenters. The van der Waals surface area contributed by atoms with E-state index in [0.29, 0.717) is 12.3 Å². The number of thioether (sulfide) groups is 1. The number of aryl methyl sites for hydroxylation is 1. The van der Waals surface area contributed by atoms with Crippen LogP contribution in [0.5, 0.6) is 0 Å². The van der Waals surface area contributed by atoms with Crippen molar-refractivity contribution in [3.05, 3.63) is 70.8 Å². The Morgan fingerprint density at radius 2 is 1.56 bits per heavy atom. The van der Waals surface area contributed by atoms with Gasteiger partial charge in [-0.1, -0.05) is 45.0 Å². The van der Waals surface area contributed by atoms with Gasteiger partial charge in [-0.2, -0.15) is 11.8 Å². The van der Waals surface area contributed by atoms with Crippen LogP contribution in [0, 0.1) is 17.6 Å². The number of aliphatic hydroxyl groups excluding tert-OH is 1. The quantitative estimate of drug-likeness (QED) is 0.103. The Morgan fingerprint density at radius 1 is 0.896 bits per heavy atom. The van der Waals surface area contributed by atoms with Crippen molar-refractivity contribution in [2.45, 2.75) is 89.7 Å². The van der Waals surface area contributed by atoms with E-state index in [1.165, 1.54) is 11.8 Å². The molecule has 0 radical (unpaired) electrons. The molecule has 0 saturated heterocycles. The number of nitrogens with two attached hydrogens (primary N) is 1. The first-order valence-corrected chi connectivity index (χ1v) is 17.4. The predicted molar refractivity (Wildman–Crippen MR) is 182 cm³/mol. The molecule has 0 aliphatic heterocycles. The number of benzene rings is 2. The van der Waals surface area contributed by atoms with E-state index < -0.39 is 71.5 Å². The lowest BCUT2D eigenvalue weighted by Crippen LogP contribution is -2.59. The molecule has 0 fully saturated rings. The van der Waals surface area contributed by atoms with Crippen LogP contribution in [0.4, 0.5) is 8.78 Å². The normalized spacial score (nSPS) is 14.4. The highest BCUT2D eigenvalue weighted by Gasteiger charge is 2.32. The van der Waals surface area contributed by atoms with Gasteiger partial charge in [0.25, 0.3) is 0 Å². The first-order valence-electron chi connectivity index (χ1n) is 16.0. The second-order valence-corrected chi connectivity index (χ2v) is 13.1. The Hall–Kier alpha value is -3.59. The Morgan fingerprint density at radius 3 is 2.17 bits per heavy atom. The van der Waals surface area contributed by atoms with Gasteiger partial charge in [-0.3, -0.25) is 19.2 Å². The van der Waals surface area contributed by atoms with E-state index in [-0.39, 0.29) is 37.8 Å². The number of carboxylic acids is 1. The molecule has 0 spiro atoms. The average molecular weight is 694 g/mol. The molecule has 0 aliphatic rings. The predicted octanol–water partition coefficient (Wildman–Crippen LogP) is 2.28. The number of aliphatic hydroxyl groups is 1. The van der Waals surface area contributed by atoms with E-state index in [9.17, 15) is 33.1 Å². The van der Waals surface area contributed by atoms with E-state index in [0.717, 1.165) is 35.7 Å². The number of carbonyl (C=O) groups is 4. The molecule has 0 aromatic heterocycles. The number of nitrogens with one attached hydrogen (secondary N) is 4. The van der Waals surface area contributed by atoms with Crippen LogP contribution in [0.1, 0.15) is 56.7 Å². The van der Waals surface area contributed by atoms with Crippen molar-refractivity contribution in [1.82, 2.24) is 21.3 Å². The zero-order valence-corrected chi connectivity index (χ0v) is 28.7. The summed E-state index contributed by atoms with van der Waals surface area (Å²) >= 11 is 1.45. The Labute approximate surface area is 285 Å². The smallest absolute Gasteiger partial charge is 0.303 e. The molecule has 8 N–H and O–H groups in total. The fourth-order valence-corrected chi connectivity index (χ4v) is 5.46. The Kier molecular flexibility index (Phi) is 17.5. The largest absolute Gasteiger partial charge is 0.481 e. The number of rotatable bonds is 21. The zero-order chi connectivity index (χ0) is 35.8. The summed E-state index contributed by atoms with van der Waals surface area (Å²) in [5.74, 6) is -4.60. The van der Waals surface area contributed by atoms with Crippen molar-refractivity contribution in [3.63, 3.8) is 0 Å². The minimum absolute atomic E-state index is 0.0462. The highest BCUT2D eigenvalue weighted by molar-refractivity contribution is 7.98. The maximum Gasteiger partial charge on any atom is 0.303 e. The number of halogens is 2. The number of aliphatic carboxylic acids is 1. The van der Waals surface area contributed by atoms with Crippen LogP contribution in [0.3, 0.4) is 0 Å². The third-order valence-corrected chi connectivity index (χ3v) is 8.39. The standard InChI is InChI=1S/C34H49F2N5O6S/c1-5-21-7-6-8-22(13-21)18-38-19-29(42)28(16-23-14-24(35)17-25(36)15-23)40-33(46)27(11-12-48-4)39-34(47)31(20(2)3)41-32(45)26(37)9-10-30(43)44/h6-8,13-15,17,20,26-29,31,38,42H,5,9-12,16,18-19,37H2,1-4H3,(H,39,47)(H,40,46)(H,41,45)(H,43,44). The molecule has 0 aliphatic carbocycles. The first-order chi connectivity index (χ1) is 22.7. The molecule has 5 atom stereocenters. The lowest BCUT2D eigenvalue weighted by Gasteiger charge is -2.29. The van der Waals surface area contributed by atoms with Crippen molar-refractivity contribution < 1.29 is 38.2 Å². The summed E-state index contributed by atoms with van der Waals surface area (Å²) in [6.45, 7) is 5.92. The summed E-state index contributed by atoms with van der Waals surface area (Å²) in [5.41, 5.74) is 8.21. The lowest BCUT2D eigenvalue weighted by atomic mass is 9.99. The molecule has 0 saturated carbocycles. The van der Waals surface area contributed by atoms with Crippen molar-refractivity contribution in [1.29, 1.82) is 0 Å². The van der Waals surface area contributed by atoms with Crippen LogP contribution in [-0.2, 0) is 38.6 Å². The number of amides is 3. The van der Waals surface area contributed by atoms with Crippen molar-refractivity contribution in [3.8, 4) is 0 Å².